The van der Waals surface area contributed by atoms with Crippen LogP contribution in [-0.4, -0.2) is 24.5 Å². The standard InChI is InChI=1S/C16H26N2/c1-4-5-13(2)18(3)12-14-6-7-15-8-9-17-11-16(15)10-14/h6-7,10,13,17H,4-5,8-9,11-12H2,1-3H3. The summed E-state index contributed by atoms with van der Waals surface area (Å²) in [7, 11) is 2.23. The molecule has 2 nitrogen and oxygen atoms in total. The lowest BCUT2D eigenvalue weighted by Crippen LogP contribution is -2.29. The van der Waals surface area contributed by atoms with Gasteiger partial charge in [0.15, 0.2) is 0 Å². The van der Waals surface area contributed by atoms with E-state index in [0.717, 1.165) is 19.6 Å². The minimum Gasteiger partial charge on any atom is -0.312 e. The van der Waals surface area contributed by atoms with Gasteiger partial charge in [0.2, 0.25) is 0 Å². The minimum absolute atomic E-state index is 0.671. The van der Waals surface area contributed by atoms with Crippen molar-refractivity contribution in [2.45, 2.75) is 52.2 Å². The molecule has 0 amide bonds. The minimum atomic E-state index is 0.671. The molecule has 18 heavy (non-hydrogen) atoms. The summed E-state index contributed by atoms with van der Waals surface area (Å²) in [6.07, 6.45) is 3.72. The van der Waals surface area contributed by atoms with Crippen molar-refractivity contribution in [3.63, 3.8) is 0 Å². The van der Waals surface area contributed by atoms with Crippen molar-refractivity contribution in [1.82, 2.24) is 10.2 Å². The number of nitrogens with one attached hydrogen (secondary N) is 1. The van der Waals surface area contributed by atoms with Crippen molar-refractivity contribution in [2.75, 3.05) is 13.6 Å². The Morgan fingerprint density at radius 1 is 1.33 bits per heavy atom. The molecule has 0 saturated heterocycles. The van der Waals surface area contributed by atoms with Gasteiger partial charge in [-0.3, -0.25) is 4.90 Å². The maximum Gasteiger partial charge on any atom is 0.0233 e. The van der Waals surface area contributed by atoms with E-state index in [4.69, 9.17) is 0 Å². The fraction of sp³-hybridized carbons (Fsp3) is 0.625. The van der Waals surface area contributed by atoms with E-state index in [0.29, 0.717) is 6.04 Å². The summed E-state index contributed by atoms with van der Waals surface area (Å²) in [5, 5.41) is 3.45. The lowest BCUT2D eigenvalue weighted by molar-refractivity contribution is 0.237. The molecule has 1 unspecified atom stereocenters. The molecule has 1 aliphatic rings. The number of benzene rings is 1. The summed E-state index contributed by atoms with van der Waals surface area (Å²) < 4.78 is 0. The van der Waals surface area contributed by atoms with Crippen LogP contribution in [0, 0.1) is 0 Å². The van der Waals surface area contributed by atoms with Crippen LogP contribution in [0.5, 0.6) is 0 Å². The second-order valence-electron chi connectivity index (χ2n) is 5.58. The molecule has 0 aliphatic carbocycles. The first-order chi connectivity index (χ1) is 8.70. The van der Waals surface area contributed by atoms with Crippen LogP contribution in [0.1, 0.15) is 43.4 Å². The Hall–Kier alpha value is -0.860. The van der Waals surface area contributed by atoms with Crippen LogP contribution in [0.4, 0.5) is 0 Å². The molecule has 1 N–H and O–H groups in total. The van der Waals surface area contributed by atoms with Gasteiger partial charge in [-0.2, -0.15) is 0 Å². The summed E-state index contributed by atoms with van der Waals surface area (Å²) >= 11 is 0. The molecule has 0 saturated carbocycles. The molecule has 1 heterocycles. The molecule has 0 bridgehead atoms. The Bertz CT molecular complexity index is 387. The van der Waals surface area contributed by atoms with Crippen LogP contribution < -0.4 is 5.32 Å². The molecule has 100 valence electrons. The normalized spacial score (nSPS) is 16.7. The lowest BCUT2D eigenvalue weighted by atomic mass is 9.98. The molecule has 0 radical (unpaired) electrons. The number of fused-ring (bicyclic) bond motifs is 1. The van der Waals surface area contributed by atoms with Crippen LogP contribution in [0.25, 0.3) is 0 Å². The summed E-state index contributed by atoms with van der Waals surface area (Å²) in [4.78, 5) is 2.46. The number of hydrogen-bond acceptors (Lipinski definition) is 2. The average Bonchev–Trinajstić information content (AvgIpc) is 2.39. The van der Waals surface area contributed by atoms with E-state index < -0.39 is 0 Å². The maximum absolute atomic E-state index is 3.45. The highest BCUT2D eigenvalue weighted by Crippen LogP contribution is 2.17. The van der Waals surface area contributed by atoms with Crippen molar-refractivity contribution in [1.29, 1.82) is 0 Å². The first-order valence-corrected chi connectivity index (χ1v) is 7.22. The van der Waals surface area contributed by atoms with Gasteiger partial charge in [-0.15, -0.1) is 0 Å². The largest absolute Gasteiger partial charge is 0.312 e. The van der Waals surface area contributed by atoms with Crippen molar-refractivity contribution in [3.05, 3.63) is 34.9 Å². The first-order valence-electron chi connectivity index (χ1n) is 7.22. The van der Waals surface area contributed by atoms with Crippen LogP contribution in [0.2, 0.25) is 0 Å². The summed E-state index contributed by atoms with van der Waals surface area (Å²) in [6.45, 7) is 7.81. The van der Waals surface area contributed by atoms with Gasteiger partial charge < -0.3 is 5.32 Å². The molecule has 2 heteroatoms. The Kier molecular flexibility index (Phi) is 4.79. The monoisotopic (exact) mass is 246 g/mol. The van der Waals surface area contributed by atoms with Gasteiger partial charge in [-0.05, 0) is 50.0 Å². The molecule has 0 spiro atoms. The van der Waals surface area contributed by atoms with Gasteiger partial charge in [0, 0.05) is 19.1 Å². The summed E-state index contributed by atoms with van der Waals surface area (Å²) in [5.41, 5.74) is 4.47. The van der Waals surface area contributed by atoms with Gasteiger partial charge in [0.05, 0.1) is 0 Å². The third-order valence-corrected chi connectivity index (χ3v) is 4.05. The number of rotatable bonds is 5. The van der Waals surface area contributed by atoms with Gasteiger partial charge in [0.1, 0.15) is 0 Å². The zero-order valence-corrected chi connectivity index (χ0v) is 12.0. The fourth-order valence-corrected chi connectivity index (χ4v) is 2.71. The quantitative estimate of drug-likeness (QED) is 0.859. The molecule has 1 aromatic rings. The molecule has 1 aromatic carbocycles. The van der Waals surface area contributed by atoms with E-state index in [1.54, 1.807) is 0 Å². The second kappa shape index (κ2) is 6.35. The smallest absolute Gasteiger partial charge is 0.0233 e. The number of nitrogens with zero attached hydrogens (tertiary/aromatic N) is 1. The molecule has 1 aliphatic heterocycles. The van der Waals surface area contributed by atoms with Gasteiger partial charge >= 0.3 is 0 Å². The Morgan fingerprint density at radius 3 is 2.94 bits per heavy atom. The van der Waals surface area contributed by atoms with E-state index in [1.165, 1.54) is 36.0 Å². The fourth-order valence-electron chi connectivity index (χ4n) is 2.71. The molecular formula is C16H26N2. The molecule has 0 aromatic heterocycles. The Labute approximate surface area is 111 Å². The molecule has 0 fully saturated rings. The second-order valence-corrected chi connectivity index (χ2v) is 5.58. The Balaban J connectivity index is 2.01. The van der Waals surface area contributed by atoms with Crippen LogP contribution in [0.3, 0.4) is 0 Å². The average molecular weight is 246 g/mol. The van der Waals surface area contributed by atoms with E-state index in [-0.39, 0.29) is 0 Å². The first kappa shape index (κ1) is 13.6. The van der Waals surface area contributed by atoms with E-state index >= 15 is 0 Å². The zero-order chi connectivity index (χ0) is 13.0. The van der Waals surface area contributed by atoms with Crippen LogP contribution in [-0.2, 0) is 19.5 Å². The topological polar surface area (TPSA) is 15.3 Å². The van der Waals surface area contributed by atoms with Crippen LogP contribution >= 0.6 is 0 Å². The highest BCUT2D eigenvalue weighted by molar-refractivity contribution is 5.33. The van der Waals surface area contributed by atoms with E-state index in [1.807, 2.05) is 0 Å². The highest BCUT2D eigenvalue weighted by atomic mass is 15.1. The zero-order valence-electron chi connectivity index (χ0n) is 12.0. The SMILES string of the molecule is CCCC(C)N(C)Cc1ccc2c(c1)CNCC2. The predicted molar refractivity (Wildman–Crippen MR) is 77.7 cm³/mol. The third kappa shape index (κ3) is 3.33. The van der Waals surface area contributed by atoms with Crippen molar-refractivity contribution in [2.24, 2.45) is 0 Å². The van der Waals surface area contributed by atoms with E-state index in [2.05, 4.69) is 49.3 Å². The lowest BCUT2D eigenvalue weighted by Gasteiger charge is -2.25. The van der Waals surface area contributed by atoms with E-state index in [9.17, 15) is 0 Å². The summed E-state index contributed by atoms with van der Waals surface area (Å²) in [6, 6.07) is 7.68. The molecular weight excluding hydrogens is 220 g/mol. The van der Waals surface area contributed by atoms with Crippen molar-refractivity contribution < 1.29 is 0 Å². The van der Waals surface area contributed by atoms with Crippen molar-refractivity contribution in [3.8, 4) is 0 Å². The Morgan fingerprint density at radius 2 is 2.17 bits per heavy atom. The molecule has 1 atom stereocenters. The van der Waals surface area contributed by atoms with Gasteiger partial charge in [0.25, 0.3) is 0 Å². The van der Waals surface area contributed by atoms with Gasteiger partial charge in [-0.1, -0.05) is 31.5 Å². The molecule has 2 rings (SSSR count). The highest BCUT2D eigenvalue weighted by Gasteiger charge is 2.12. The third-order valence-electron chi connectivity index (χ3n) is 4.05. The van der Waals surface area contributed by atoms with Gasteiger partial charge in [-0.25, -0.2) is 0 Å². The maximum atomic E-state index is 3.45. The van der Waals surface area contributed by atoms with Crippen LogP contribution in [0.15, 0.2) is 18.2 Å². The number of hydrogen-bond donors (Lipinski definition) is 1. The summed E-state index contributed by atoms with van der Waals surface area (Å²) in [5.74, 6) is 0. The predicted octanol–water partition coefficient (Wildman–Crippen LogP) is 2.95. The van der Waals surface area contributed by atoms with Crippen molar-refractivity contribution >= 4 is 0 Å².